The van der Waals surface area contributed by atoms with Gasteiger partial charge < -0.3 is 14.2 Å². The molecule has 4 aromatic rings. The van der Waals surface area contributed by atoms with Crippen LogP contribution in [0.4, 0.5) is 5.88 Å². The maximum atomic E-state index is 7.03. The van der Waals surface area contributed by atoms with E-state index in [1.165, 1.54) is 60.9 Å². The summed E-state index contributed by atoms with van der Waals surface area (Å²) in [6, 6.07) is 27.1. The average molecular weight is 666 g/mol. The van der Waals surface area contributed by atoms with Gasteiger partial charge in [-0.15, -0.1) is 11.3 Å². The Bertz CT molecular complexity index is 1500. The third-order valence-electron chi connectivity index (χ3n) is 11.2. The third-order valence-corrected chi connectivity index (χ3v) is 12.2. The standard InChI is InChI=1S/C41H55N5OS/c1-43(2)39(38-17-12-28-48-38)35-20-18-33(19-21-35)30-37(45-22-10-5-11-23-45)40-42-36(29-32-13-6-3-7-14-32)41(47-40)46-26-24-44(25-27-46)31-34-15-8-4-9-16-34/h3-4,6-9,12-17,28,33,35,37,39H,5,10-11,18-27,29-31H2,1-2H3. The molecule has 3 fully saturated rings. The molecule has 6 nitrogen and oxygen atoms in total. The first-order chi connectivity index (χ1) is 23.6. The number of piperazine rings is 1. The molecule has 2 unspecified atom stereocenters. The van der Waals surface area contributed by atoms with Crippen LogP contribution in [0, 0.1) is 11.8 Å². The maximum Gasteiger partial charge on any atom is 0.220 e. The molecule has 7 heteroatoms. The van der Waals surface area contributed by atoms with Crippen molar-refractivity contribution in [1.29, 1.82) is 0 Å². The van der Waals surface area contributed by atoms with Gasteiger partial charge in [-0.1, -0.05) is 86.0 Å². The van der Waals surface area contributed by atoms with Crippen LogP contribution in [-0.2, 0) is 13.0 Å². The summed E-state index contributed by atoms with van der Waals surface area (Å²) in [5, 5.41) is 2.24. The van der Waals surface area contributed by atoms with Gasteiger partial charge in [0.2, 0.25) is 11.8 Å². The predicted molar refractivity (Wildman–Crippen MR) is 199 cm³/mol. The molecule has 2 atom stereocenters. The summed E-state index contributed by atoms with van der Waals surface area (Å²) in [4.78, 5) is 17.2. The summed E-state index contributed by atoms with van der Waals surface area (Å²) in [7, 11) is 4.53. The fourth-order valence-electron chi connectivity index (χ4n) is 8.67. The molecule has 0 spiro atoms. The molecule has 48 heavy (non-hydrogen) atoms. The van der Waals surface area contributed by atoms with Crippen LogP contribution in [0.15, 0.2) is 82.6 Å². The number of anilines is 1. The van der Waals surface area contributed by atoms with Crippen molar-refractivity contribution >= 4 is 17.2 Å². The first-order valence-corrected chi connectivity index (χ1v) is 19.5. The van der Waals surface area contributed by atoms with Gasteiger partial charge in [-0.3, -0.25) is 9.80 Å². The molecule has 0 amide bonds. The predicted octanol–water partition coefficient (Wildman–Crippen LogP) is 8.68. The smallest absolute Gasteiger partial charge is 0.220 e. The second kappa shape index (κ2) is 16.2. The Morgan fingerprint density at radius 2 is 1.48 bits per heavy atom. The van der Waals surface area contributed by atoms with E-state index in [2.05, 4.69) is 112 Å². The van der Waals surface area contributed by atoms with Crippen LogP contribution in [0.2, 0.25) is 0 Å². The summed E-state index contributed by atoms with van der Waals surface area (Å²) >= 11 is 1.92. The number of likely N-dealkylation sites (tertiary alicyclic amines) is 1. The largest absolute Gasteiger partial charge is 0.423 e. The van der Waals surface area contributed by atoms with Crippen LogP contribution in [0.3, 0.4) is 0 Å². The van der Waals surface area contributed by atoms with Crippen molar-refractivity contribution in [3.8, 4) is 0 Å². The third kappa shape index (κ3) is 8.24. The molecule has 0 bridgehead atoms. The highest BCUT2D eigenvalue weighted by Gasteiger charge is 2.36. The number of oxazole rings is 1. The Kier molecular flexibility index (Phi) is 11.3. The van der Waals surface area contributed by atoms with Crippen molar-refractivity contribution in [2.75, 3.05) is 58.3 Å². The number of rotatable bonds is 12. The quantitative estimate of drug-likeness (QED) is 0.151. The van der Waals surface area contributed by atoms with E-state index in [1.807, 2.05) is 11.3 Å². The lowest BCUT2D eigenvalue weighted by atomic mass is 9.75. The molecule has 2 aromatic carbocycles. The average Bonchev–Trinajstić information content (AvgIpc) is 3.80. The van der Waals surface area contributed by atoms with E-state index in [4.69, 9.17) is 9.40 Å². The van der Waals surface area contributed by atoms with Gasteiger partial charge in [-0.05, 0) is 93.7 Å². The zero-order chi connectivity index (χ0) is 32.7. The molecule has 1 saturated carbocycles. The lowest BCUT2D eigenvalue weighted by Gasteiger charge is -2.39. The fraction of sp³-hybridized carbons (Fsp3) is 0.537. The number of hydrogen-bond acceptors (Lipinski definition) is 7. The lowest BCUT2D eigenvalue weighted by molar-refractivity contribution is 0.0948. The van der Waals surface area contributed by atoms with Crippen molar-refractivity contribution in [2.45, 2.75) is 76.4 Å². The summed E-state index contributed by atoms with van der Waals surface area (Å²) in [5.74, 6) is 3.43. The number of piperidine rings is 1. The molecule has 2 aliphatic heterocycles. The van der Waals surface area contributed by atoms with Crippen molar-refractivity contribution in [3.63, 3.8) is 0 Å². The second-order valence-electron chi connectivity index (χ2n) is 14.8. The van der Waals surface area contributed by atoms with E-state index >= 15 is 0 Å². The Labute approximate surface area is 292 Å². The van der Waals surface area contributed by atoms with Crippen molar-refractivity contribution < 1.29 is 4.42 Å². The van der Waals surface area contributed by atoms with Crippen LogP contribution in [0.5, 0.6) is 0 Å². The van der Waals surface area contributed by atoms with E-state index < -0.39 is 0 Å². The van der Waals surface area contributed by atoms with E-state index in [9.17, 15) is 0 Å². The number of hydrogen-bond donors (Lipinski definition) is 0. The molecule has 4 heterocycles. The molecule has 0 radical (unpaired) electrons. The number of benzene rings is 2. The van der Waals surface area contributed by atoms with Gasteiger partial charge in [0.05, 0.1) is 6.04 Å². The Balaban J connectivity index is 1.09. The minimum Gasteiger partial charge on any atom is -0.423 e. The Hall–Kier alpha value is -2.97. The number of aromatic nitrogens is 1. The summed E-state index contributed by atoms with van der Waals surface area (Å²) < 4.78 is 7.03. The van der Waals surface area contributed by atoms with Crippen molar-refractivity contribution in [2.24, 2.45) is 11.8 Å². The van der Waals surface area contributed by atoms with Gasteiger partial charge in [0, 0.05) is 50.1 Å². The monoisotopic (exact) mass is 665 g/mol. The van der Waals surface area contributed by atoms with Crippen molar-refractivity contribution in [3.05, 3.63) is 106 Å². The summed E-state index contributed by atoms with van der Waals surface area (Å²) in [6.45, 7) is 7.34. The van der Waals surface area contributed by atoms with E-state index in [1.54, 1.807) is 0 Å². The number of thiophene rings is 1. The molecule has 2 aromatic heterocycles. The van der Waals surface area contributed by atoms with E-state index in [0.29, 0.717) is 12.0 Å². The normalized spacial score (nSPS) is 22.6. The SMILES string of the molecule is CN(C)C(c1cccs1)C1CCC(CC(c2nc(Cc3ccccc3)c(N3CCN(Cc4ccccc4)CC3)o2)N2CCCCC2)CC1. The maximum absolute atomic E-state index is 7.03. The summed E-state index contributed by atoms with van der Waals surface area (Å²) in [5.41, 5.74) is 3.80. The summed E-state index contributed by atoms with van der Waals surface area (Å²) in [6.07, 6.45) is 11.1. The van der Waals surface area contributed by atoms with E-state index in [-0.39, 0.29) is 6.04 Å². The zero-order valence-corrected chi connectivity index (χ0v) is 30.0. The lowest BCUT2D eigenvalue weighted by Crippen LogP contribution is -2.46. The molecule has 256 valence electrons. The zero-order valence-electron chi connectivity index (χ0n) is 29.2. The van der Waals surface area contributed by atoms with Crippen molar-refractivity contribution in [1.82, 2.24) is 19.7 Å². The van der Waals surface area contributed by atoms with Gasteiger partial charge in [-0.25, -0.2) is 4.98 Å². The molecule has 2 saturated heterocycles. The molecular formula is C41H55N5OS. The van der Waals surface area contributed by atoms with Crippen LogP contribution < -0.4 is 4.90 Å². The van der Waals surface area contributed by atoms with E-state index in [0.717, 1.165) is 82.0 Å². The first-order valence-electron chi connectivity index (χ1n) is 18.6. The van der Waals surface area contributed by atoms with Crippen LogP contribution in [-0.4, -0.2) is 73.0 Å². The number of nitrogens with zero attached hydrogens (tertiary/aromatic N) is 5. The highest BCUT2D eigenvalue weighted by atomic mass is 32.1. The van der Waals surface area contributed by atoms with Gasteiger partial charge in [0.1, 0.15) is 5.69 Å². The fourth-order valence-corrected chi connectivity index (χ4v) is 9.68. The van der Waals surface area contributed by atoms with Gasteiger partial charge in [0.25, 0.3) is 0 Å². The highest BCUT2D eigenvalue weighted by Crippen LogP contribution is 2.44. The van der Waals surface area contributed by atoms with Gasteiger partial charge in [0.15, 0.2) is 0 Å². The minimum atomic E-state index is 0.261. The minimum absolute atomic E-state index is 0.261. The topological polar surface area (TPSA) is 39.0 Å². The van der Waals surface area contributed by atoms with Gasteiger partial charge >= 0.3 is 0 Å². The Morgan fingerprint density at radius 3 is 2.12 bits per heavy atom. The molecule has 1 aliphatic carbocycles. The van der Waals surface area contributed by atoms with Crippen LogP contribution >= 0.6 is 11.3 Å². The van der Waals surface area contributed by atoms with Gasteiger partial charge in [-0.2, -0.15) is 0 Å². The van der Waals surface area contributed by atoms with Crippen LogP contribution in [0.25, 0.3) is 0 Å². The van der Waals surface area contributed by atoms with Crippen LogP contribution in [0.1, 0.15) is 91.0 Å². The highest BCUT2D eigenvalue weighted by molar-refractivity contribution is 7.10. The molecule has 3 aliphatic rings. The molecular weight excluding hydrogens is 611 g/mol. The first kappa shape index (κ1) is 33.5. The molecule has 0 N–H and O–H groups in total. The Morgan fingerprint density at radius 1 is 0.792 bits per heavy atom. The molecule has 7 rings (SSSR count). The second-order valence-corrected chi connectivity index (χ2v) is 15.7.